The average molecular weight is 463 g/mol. The Morgan fingerprint density at radius 3 is 2.52 bits per heavy atom. The fourth-order valence-corrected chi connectivity index (χ4v) is 4.82. The van der Waals surface area contributed by atoms with Gasteiger partial charge in [0.15, 0.2) is 5.60 Å². The molecule has 182 valence electrons. The molecule has 0 bridgehead atoms. The molecule has 0 radical (unpaired) electrons. The van der Waals surface area contributed by atoms with Crippen LogP contribution in [0.1, 0.15) is 60.8 Å². The van der Waals surface area contributed by atoms with E-state index >= 15 is 0 Å². The summed E-state index contributed by atoms with van der Waals surface area (Å²) in [6.45, 7) is 15.2. The fourth-order valence-electron chi connectivity index (χ4n) is 4.82. The Bertz CT molecular complexity index is 906. The zero-order chi connectivity index (χ0) is 24.3. The normalized spacial score (nSPS) is 43.5. The molecule has 1 aliphatic carbocycles. The van der Waals surface area contributed by atoms with Crippen LogP contribution in [0.15, 0.2) is 23.8 Å². The molecule has 4 rings (SSSR count). The van der Waals surface area contributed by atoms with Crippen LogP contribution in [0.5, 0.6) is 0 Å². The van der Waals surface area contributed by atoms with Gasteiger partial charge in [0.25, 0.3) is 0 Å². The van der Waals surface area contributed by atoms with Gasteiger partial charge in [-0.25, -0.2) is 9.59 Å². The molecule has 3 heterocycles. The first kappa shape index (κ1) is 24.0. The summed E-state index contributed by atoms with van der Waals surface area (Å²) in [4.78, 5) is 37.7. The highest BCUT2D eigenvalue weighted by atomic mass is 16.7. The number of fused-ring (bicyclic) bond motifs is 2. The molecular formula is C25H34O8. The van der Waals surface area contributed by atoms with E-state index in [0.29, 0.717) is 19.3 Å². The second kappa shape index (κ2) is 8.24. The maximum absolute atomic E-state index is 12.9. The van der Waals surface area contributed by atoms with Crippen molar-refractivity contribution in [2.45, 2.75) is 103 Å². The zero-order valence-electron chi connectivity index (χ0n) is 20.2. The third-order valence-electron chi connectivity index (χ3n) is 7.32. The summed E-state index contributed by atoms with van der Waals surface area (Å²) in [6, 6.07) is 0. The van der Waals surface area contributed by atoms with Gasteiger partial charge in [-0.1, -0.05) is 20.4 Å². The minimum Gasteiger partial charge on any atom is -0.459 e. The summed E-state index contributed by atoms with van der Waals surface area (Å²) in [6.07, 6.45) is 0.710. The van der Waals surface area contributed by atoms with Crippen LogP contribution in [-0.2, 0) is 38.1 Å². The van der Waals surface area contributed by atoms with E-state index in [1.165, 1.54) is 0 Å². The van der Waals surface area contributed by atoms with E-state index in [4.69, 9.17) is 23.7 Å². The first-order valence-electron chi connectivity index (χ1n) is 11.7. The molecule has 4 aliphatic rings. The summed E-state index contributed by atoms with van der Waals surface area (Å²) >= 11 is 0. The summed E-state index contributed by atoms with van der Waals surface area (Å²) < 4.78 is 28.8. The Labute approximate surface area is 194 Å². The van der Waals surface area contributed by atoms with Crippen molar-refractivity contribution in [2.24, 2.45) is 11.8 Å². The molecular weight excluding hydrogens is 428 g/mol. The monoisotopic (exact) mass is 462 g/mol. The molecule has 33 heavy (non-hydrogen) atoms. The molecule has 8 heteroatoms. The molecule has 0 saturated carbocycles. The largest absolute Gasteiger partial charge is 0.459 e. The molecule has 3 aliphatic heterocycles. The van der Waals surface area contributed by atoms with E-state index in [2.05, 4.69) is 6.58 Å². The third-order valence-corrected chi connectivity index (χ3v) is 7.32. The minimum absolute atomic E-state index is 0.173. The SMILES string of the molecule is C=C1C(=O)O[C@@H]2/C=C(/C)C(OC(=O)CC(C)C)C[C@H]3O[C@@]3(C)CC(OC(=O)C3(C)OC3C)[C@@H]12. The van der Waals surface area contributed by atoms with Gasteiger partial charge in [-0.3, -0.25) is 4.79 Å². The Balaban J connectivity index is 1.63. The van der Waals surface area contributed by atoms with Crippen molar-refractivity contribution in [3.63, 3.8) is 0 Å². The van der Waals surface area contributed by atoms with Crippen LogP contribution >= 0.6 is 0 Å². The molecule has 8 atom stereocenters. The topological polar surface area (TPSA) is 104 Å². The number of hydrogen-bond donors (Lipinski definition) is 0. The highest BCUT2D eigenvalue weighted by Gasteiger charge is 2.61. The van der Waals surface area contributed by atoms with E-state index in [0.717, 1.165) is 5.57 Å². The van der Waals surface area contributed by atoms with Gasteiger partial charge in [0.2, 0.25) is 0 Å². The molecule has 3 saturated heterocycles. The Hall–Kier alpha value is -2.19. The van der Waals surface area contributed by atoms with Gasteiger partial charge in [-0.15, -0.1) is 0 Å². The van der Waals surface area contributed by atoms with E-state index < -0.39 is 47.4 Å². The second-order valence-electron chi connectivity index (χ2n) is 10.6. The summed E-state index contributed by atoms with van der Waals surface area (Å²) in [7, 11) is 0. The highest BCUT2D eigenvalue weighted by molar-refractivity contribution is 5.91. The van der Waals surface area contributed by atoms with E-state index in [-0.39, 0.29) is 29.7 Å². The van der Waals surface area contributed by atoms with Gasteiger partial charge >= 0.3 is 17.9 Å². The minimum atomic E-state index is -0.984. The molecule has 0 aromatic rings. The molecule has 4 unspecified atom stereocenters. The predicted molar refractivity (Wildman–Crippen MR) is 117 cm³/mol. The van der Waals surface area contributed by atoms with Crippen molar-refractivity contribution in [1.29, 1.82) is 0 Å². The molecule has 8 nitrogen and oxygen atoms in total. The van der Waals surface area contributed by atoms with Gasteiger partial charge in [0.1, 0.15) is 18.3 Å². The Morgan fingerprint density at radius 2 is 1.91 bits per heavy atom. The number of esters is 3. The van der Waals surface area contributed by atoms with Crippen LogP contribution in [0.2, 0.25) is 0 Å². The van der Waals surface area contributed by atoms with Crippen molar-refractivity contribution >= 4 is 17.9 Å². The van der Waals surface area contributed by atoms with Crippen molar-refractivity contribution < 1.29 is 38.1 Å². The average Bonchev–Trinajstić information content (AvgIpc) is 3.49. The van der Waals surface area contributed by atoms with Gasteiger partial charge < -0.3 is 23.7 Å². The van der Waals surface area contributed by atoms with Gasteiger partial charge in [-0.05, 0) is 45.3 Å². The third kappa shape index (κ3) is 4.60. The molecule has 0 aromatic heterocycles. The van der Waals surface area contributed by atoms with Crippen molar-refractivity contribution in [3.05, 3.63) is 23.8 Å². The molecule has 0 aromatic carbocycles. The van der Waals surface area contributed by atoms with Crippen molar-refractivity contribution in [3.8, 4) is 0 Å². The van der Waals surface area contributed by atoms with E-state index in [1.54, 1.807) is 13.0 Å². The van der Waals surface area contributed by atoms with Crippen LogP contribution in [0.25, 0.3) is 0 Å². The van der Waals surface area contributed by atoms with E-state index in [1.807, 2.05) is 34.6 Å². The maximum Gasteiger partial charge on any atom is 0.341 e. The fraction of sp³-hybridized carbons (Fsp3) is 0.720. The molecule has 3 fully saturated rings. The van der Waals surface area contributed by atoms with Crippen molar-refractivity contribution in [2.75, 3.05) is 0 Å². The van der Waals surface area contributed by atoms with Crippen LogP contribution in [0.4, 0.5) is 0 Å². The van der Waals surface area contributed by atoms with Crippen LogP contribution in [-0.4, -0.2) is 59.6 Å². The number of rotatable bonds is 5. The molecule has 0 N–H and O–H groups in total. The van der Waals surface area contributed by atoms with Crippen LogP contribution < -0.4 is 0 Å². The maximum atomic E-state index is 12.9. The number of carbonyl (C=O) groups is 3. The Morgan fingerprint density at radius 1 is 1.24 bits per heavy atom. The summed E-state index contributed by atoms with van der Waals surface area (Å²) in [5.74, 6) is -1.65. The lowest BCUT2D eigenvalue weighted by Crippen LogP contribution is -2.40. The number of carbonyl (C=O) groups excluding carboxylic acids is 3. The quantitative estimate of drug-likeness (QED) is 0.202. The zero-order valence-corrected chi connectivity index (χ0v) is 20.2. The van der Waals surface area contributed by atoms with Gasteiger partial charge in [0, 0.05) is 24.8 Å². The number of epoxide rings is 2. The van der Waals surface area contributed by atoms with Crippen LogP contribution in [0, 0.1) is 11.8 Å². The standard InChI is InChI=1S/C25H34O8/c1-12(2)8-20(26)29-16-10-19-24(6,33-19)11-18(31-23(28)25(7)15(5)32-25)21-14(4)22(27)30-17(21)9-13(16)3/h9,12,15-19,21H,4,8,10-11H2,1-3,5-7H3/b13-9-/t15?,16?,17-,18?,19-,21+,24+,25?/m1/s1. The Kier molecular flexibility index (Phi) is 5.98. The lowest BCUT2D eigenvalue weighted by molar-refractivity contribution is -0.159. The van der Waals surface area contributed by atoms with E-state index in [9.17, 15) is 14.4 Å². The first-order valence-corrected chi connectivity index (χ1v) is 11.7. The molecule has 0 spiro atoms. The molecule has 0 amide bonds. The first-order chi connectivity index (χ1) is 15.3. The van der Waals surface area contributed by atoms with Gasteiger partial charge in [0.05, 0.1) is 23.7 Å². The second-order valence-corrected chi connectivity index (χ2v) is 10.6. The smallest absolute Gasteiger partial charge is 0.341 e. The predicted octanol–water partition coefficient (Wildman–Crippen LogP) is 3.03. The highest BCUT2D eigenvalue weighted by Crippen LogP contribution is 2.49. The van der Waals surface area contributed by atoms with Gasteiger partial charge in [-0.2, -0.15) is 0 Å². The number of ether oxygens (including phenoxy) is 5. The lowest BCUT2D eigenvalue weighted by atomic mass is 9.82. The summed E-state index contributed by atoms with van der Waals surface area (Å²) in [5.41, 5.74) is -0.549. The van der Waals surface area contributed by atoms with Crippen LogP contribution in [0.3, 0.4) is 0 Å². The number of hydrogen-bond acceptors (Lipinski definition) is 8. The lowest BCUT2D eigenvalue weighted by Gasteiger charge is -2.30. The summed E-state index contributed by atoms with van der Waals surface area (Å²) in [5, 5.41) is 0. The van der Waals surface area contributed by atoms with Crippen molar-refractivity contribution in [1.82, 2.24) is 0 Å².